The van der Waals surface area contributed by atoms with Crippen molar-refractivity contribution in [1.29, 1.82) is 0 Å². The number of nitrogens with one attached hydrogen (secondary N) is 2. The minimum absolute atomic E-state index is 0.246. The Hall–Kier alpha value is -1.48. The molecule has 2 N–H and O–H groups in total. The number of benzene rings is 1. The van der Waals surface area contributed by atoms with Crippen molar-refractivity contribution >= 4 is 16.0 Å². The monoisotopic (exact) mass is 369 g/mol. The van der Waals surface area contributed by atoms with Crippen molar-refractivity contribution in [2.24, 2.45) is 0 Å². The quantitative estimate of drug-likeness (QED) is 0.482. The first-order valence-corrected chi connectivity index (χ1v) is 9.99. The third-order valence-electron chi connectivity index (χ3n) is 4.33. The van der Waals surface area contributed by atoms with Gasteiger partial charge in [-0.2, -0.15) is 0 Å². The molecule has 1 aliphatic rings. The van der Waals surface area contributed by atoms with E-state index in [-0.39, 0.29) is 13.0 Å². The van der Waals surface area contributed by atoms with Gasteiger partial charge in [0, 0.05) is 19.6 Å². The van der Waals surface area contributed by atoms with Crippen molar-refractivity contribution in [2.45, 2.75) is 30.7 Å². The largest absolute Gasteiger partial charge is 0.468 e. The molecule has 7 nitrogen and oxygen atoms in total. The number of nitrogens with zero attached hydrogens (tertiary/aromatic N) is 1. The highest BCUT2D eigenvalue weighted by Crippen LogP contribution is 2.15. The Morgan fingerprint density at radius 1 is 1.36 bits per heavy atom. The van der Waals surface area contributed by atoms with E-state index in [2.05, 4.69) is 31.8 Å². The Bertz CT molecular complexity index is 651. The van der Waals surface area contributed by atoms with E-state index < -0.39 is 27.3 Å². The SMILES string of the molecule is COC(=O)C1CC(S(=O)(=O)NCCCN(C)Cc2ccccc2)CN1. The summed E-state index contributed by atoms with van der Waals surface area (Å²) in [4.78, 5) is 13.6. The molecule has 2 atom stereocenters. The lowest BCUT2D eigenvalue weighted by molar-refractivity contribution is -0.142. The molecule has 1 saturated heterocycles. The minimum atomic E-state index is -3.43. The van der Waals surface area contributed by atoms with Gasteiger partial charge in [0.1, 0.15) is 6.04 Å². The Kier molecular flexibility index (Phi) is 7.37. The van der Waals surface area contributed by atoms with Gasteiger partial charge in [0.25, 0.3) is 0 Å². The van der Waals surface area contributed by atoms with Gasteiger partial charge in [-0.15, -0.1) is 0 Å². The van der Waals surface area contributed by atoms with Gasteiger partial charge in [-0.1, -0.05) is 30.3 Å². The Balaban J connectivity index is 1.69. The molecule has 2 unspecified atom stereocenters. The summed E-state index contributed by atoms with van der Waals surface area (Å²) in [6.07, 6.45) is 0.971. The zero-order chi connectivity index (χ0) is 18.3. The Morgan fingerprint density at radius 2 is 2.08 bits per heavy atom. The number of rotatable bonds is 9. The average molecular weight is 369 g/mol. The summed E-state index contributed by atoms with van der Waals surface area (Å²) < 4.78 is 31.9. The smallest absolute Gasteiger partial charge is 0.322 e. The van der Waals surface area contributed by atoms with E-state index in [0.29, 0.717) is 6.54 Å². The number of carbonyl (C=O) groups is 1. The fraction of sp³-hybridized carbons (Fsp3) is 0.588. The fourth-order valence-electron chi connectivity index (χ4n) is 2.92. The first-order chi connectivity index (χ1) is 11.9. The van der Waals surface area contributed by atoms with Crippen molar-refractivity contribution < 1.29 is 17.9 Å². The number of hydrogen-bond donors (Lipinski definition) is 2. The van der Waals surface area contributed by atoms with Crippen LogP contribution in [0.25, 0.3) is 0 Å². The number of methoxy groups -OCH3 is 1. The van der Waals surface area contributed by atoms with Gasteiger partial charge in [-0.25, -0.2) is 13.1 Å². The van der Waals surface area contributed by atoms with Crippen LogP contribution < -0.4 is 10.0 Å². The van der Waals surface area contributed by atoms with E-state index in [9.17, 15) is 13.2 Å². The maximum absolute atomic E-state index is 12.3. The highest BCUT2D eigenvalue weighted by Gasteiger charge is 2.37. The lowest BCUT2D eigenvalue weighted by Crippen LogP contribution is -2.37. The predicted octanol–water partition coefficient (Wildman–Crippen LogP) is 0.331. The lowest BCUT2D eigenvalue weighted by Gasteiger charge is -2.17. The highest BCUT2D eigenvalue weighted by molar-refractivity contribution is 7.90. The van der Waals surface area contributed by atoms with Crippen molar-refractivity contribution in [3.63, 3.8) is 0 Å². The van der Waals surface area contributed by atoms with Crippen molar-refractivity contribution in [3.05, 3.63) is 35.9 Å². The van der Waals surface area contributed by atoms with E-state index in [0.717, 1.165) is 19.5 Å². The minimum Gasteiger partial charge on any atom is -0.468 e. The molecule has 0 amide bonds. The first-order valence-electron chi connectivity index (χ1n) is 8.44. The maximum Gasteiger partial charge on any atom is 0.322 e. The summed E-state index contributed by atoms with van der Waals surface area (Å²) >= 11 is 0. The van der Waals surface area contributed by atoms with E-state index >= 15 is 0 Å². The van der Waals surface area contributed by atoms with Gasteiger partial charge in [0.05, 0.1) is 12.4 Å². The molecule has 0 aliphatic carbocycles. The van der Waals surface area contributed by atoms with Crippen LogP contribution in [-0.4, -0.2) is 64.4 Å². The van der Waals surface area contributed by atoms with Crippen molar-refractivity contribution in [3.8, 4) is 0 Å². The molecule has 0 spiro atoms. The van der Waals surface area contributed by atoms with Gasteiger partial charge >= 0.3 is 5.97 Å². The van der Waals surface area contributed by atoms with Crippen LogP contribution in [0.4, 0.5) is 0 Å². The zero-order valence-corrected chi connectivity index (χ0v) is 15.6. The molecule has 0 radical (unpaired) electrons. The molecule has 1 aliphatic heterocycles. The standard InChI is InChI=1S/C17H27N3O4S/c1-20(13-14-7-4-3-5-8-14)10-6-9-19-25(22,23)15-11-16(18-12-15)17(21)24-2/h3-5,7-8,15-16,18-19H,6,9-13H2,1-2H3. The summed E-state index contributed by atoms with van der Waals surface area (Å²) in [5, 5.41) is 2.30. The second-order valence-corrected chi connectivity index (χ2v) is 8.40. The van der Waals surface area contributed by atoms with E-state index in [4.69, 9.17) is 0 Å². The molecular formula is C17H27N3O4S. The van der Waals surface area contributed by atoms with E-state index in [1.165, 1.54) is 12.7 Å². The number of esters is 1. The average Bonchev–Trinajstić information content (AvgIpc) is 3.10. The van der Waals surface area contributed by atoms with E-state index in [1.807, 2.05) is 25.2 Å². The molecule has 140 valence electrons. The zero-order valence-electron chi connectivity index (χ0n) is 14.8. The van der Waals surface area contributed by atoms with Gasteiger partial charge in [0.15, 0.2) is 0 Å². The second kappa shape index (κ2) is 9.28. The van der Waals surface area contributed by atoms with Crippen molar-refractivity contribution in [2.75, 3.05) is 33.8 Å². The molecule has 0 bridgehead atoms. The molecule has 2 rings (SSSR count). The molecule has 1 fully saturated rings. The summed E-state index contributed by atoms with van der Waals surface area (Å²) in [6, 6.07) is 9.61. The summed E-state index contributed by atoms with van der Waals surface area (Å²) in [5.41, 5.74) is 1.23. The number of hydrogen-bond acceptors (Lipinski definition) is 6. The normalized spacial score (nSPS) is 20.8. The second-order valence-electron chi connectivity index (χ2n) is 6.36. The molecule has 1 heterocycles. The Labute approximate surface area is 149 Å². The fourth-order valence-corrected chi connectivity index (χ4v) is 4.34. The van der Waals surface area contributed by atoms with E-state index in [1.54, 1.807) is 0 Å². The third-order valence-corrected chi connectivity index (χ3v) is 6.17. The molecule has 8 heteroatoms. The van der Waals surface area contributed by atoms with Crippen LogP contribution in [0.15, 0.2) is 30.3 Å². The number of carbonyl (C=O) groups excluding carboxylic acids is 1. The molecule has 1 aromatic carbocycles. The van der Waals surface area contributed by atoms with Crippen LogP contribution in [0, 0.1) is 0 Å². The molecule has 0 aromatic heterocycles. The van der Waals surface area contributed by atoms with Gasteiger partial charge in [-0.05, 0) is 32.0 Å². The van der Waals surface area contributed by atoms with Crippen LogP contribution in [0.1, 0.15) is 18.4 Å². The van der Waals surface area contributed by atoms with Crippen LogP contribution in [0.2, 0.25) is 0 Å². The summed E-state index contributed by atoms with van der Waals surface area (Å²) in [7, 11) is -0.111. The lowest BCUT2D eigenvalue weighted by atomic mass is 10.2. The maximum atomic E-state index is 12.3. The molecule has 25 heavy (non-hydrogen) atoms. The molecule has 0 saturated carbocycles. The molecular weight excluding hydrogens is 342 g/mol. The van der Waals surface area contributed by atoms with Gasteiger partial charge in [-0.3, -0.25) is 4.79 Å². The Morgan fingerprint density at radius 3 is 2.76 bits per heavy atom. The number of sulfonamides is 1. The van der Waals surface area contributed by atoms with Crippen LogP contribution >= 0.6 is 0 Å². The summed E-state index contributed by atoms with van der Waals surface area (Å²) in [6.45, 7) is 2.29. The van der Waals surface area contributed by atoms with Crippen molar-refractivity contribution in [1.82, 2.24) is 14.9 Å². The van der Waals surface area contributed by atoms with Gasteiger partial charge in [0.2, 0.25) is 10.0 Å². The topological polar surface area (TPSA) is 87.7 Å². The van der Waals surface area contributed by atoms with Crippen LogP contribution in [0.5, 0.6) is 0 Å². The van der Waals surface area contributed by atoms with Crippen LogP contribution in [-0.2, 0) is 26.1 Å². The third kappa shape index (κ3) is 6.07. The first kappa shape index (κ1) is 19.8. The highest BCUT2D eigenvalue weighted by atomic mass is 32.2. The predicted molar refractivity (Wildman–Crippen MR) is 96.5 cm³/mol. The van der Waals surface area contributed by atoms with Crippen LogP contribution in [0.3, 0.4) is 0 Å². The molecule has 1 aromatic rings. The number of ether oxygens (including phenoxy) is 1. The summed E-state index contributed by atoms with van der Waals surface area (Å²) in [5.74, 6) is -0.416. The van der Waals surface area contributed by atoms with Gasteiger partial charge < -0.3 is 15.0 Å².